The Labute approximate surface area is 127 Å². The van der Waals surface area contributed by atoms with Crippen LogP contribution in [0, 0.1) is 17.4 Å². The number of aryl methyl sites for hydroxylation is 1. The lowest BCUT2D eigenvalue weighted by Crippen LogP contribution is -2.04. The van der Waals surface area contributed by atoms with Gasteiger partial charge in [0.1, 0.15) is 0 Å². The predicted octanol–water partition coefficient (Wildman–Crippen LogP) is 4.16. The van der Waals surface area contributed by atoms with Crippen molar-refractivity contribution in [1.29, 1.82) is 0 Å². The lowest BCUT2D eigenvalue weighted by atomic mass is 10.2. The SMILES string of the molecule is Cc1cc(C(=O)O)c(C)n1-c1cc(Br)ccc1I. The Balaban J connectivity index is 2.71. The van der Waals surface area contributed by atoms with Gasteiger partial charge in [-0.15, -0.1) is 0 Å². The summed E-state index contributed by atoms with van der Waals surface area (Å²) in [6, 6.07) is 7.67. The molecule has 0 amide bonds. The average molecular weight is 420 g/mol. The van der Waals surface area contributed by atoms with E-state index in [1.54, 1.807) is 6.07 Å². The molecular weight excluding hydrogens is 409 g/mol. The number of hydrogen-bond acceptors (Lipinski definition) is 1. The summed E-state index contributed by atoms with van der Waals surface area (Å²) in [6.07, 6.45) is 0. The van der Waals surface area contributed by atoms with E-state index in [-0.39, 0.29) is 0 Å². The van der Waals surface area contributed by atoms with E-state index in [1.165, 1.54) is 0 Å². The summed E-state index contributed by atoms with van der Waals surface area (Å²) >= 11 is 5.70. The highest BCUT2D eigenvalue weighted by Crippen LogP contribution is 2.27. The molecule has 0 aliphatic carbocycles. The van der Waals surface area contributed by atoms with Gasteiger partial charge in [0.05, 0.1) is 11.3 Å². The molecule has 1 heterocycles. The zero-order valence-electron chi connectivity index (χ0n) is 9.87. The van der Waals surface area contributed by atoms with Gasteiger partial charge in [-0.2, -0.15) is 0 Å². The topological polar surface area (TPSA) is 42.2 Å². The molecule has 0 spiro atoms. The van der Waals surface area contributed by atoms with E-state index >= 15 is 0 Å². The van der Waals surface area contributed by atoms with E-state index in [1.807, 2.05) is 36.6 Å². The minimum absolute atomic E-state index is 0.350. The molecule has 1 aromatic carbocycles. The zero-order chi connectivity index (χ0) is 13.4. The number of carboxylic acids is 1. The van der Waals surface area contributed by atoms with Gasteiger partial charge in [-0.1, -0.05) is 15.9 Å². The first-order chi connectivity index (χ1) is 8.41. The minimum Gasteiger partial charge on any atom is -0.478 e. The van der Waals surface area contributed by atoms with Gasteiger partial charge in [0, 0.05) is 19.4 Å². The Kier molecular flexibility index (Phi) is 3.82. The lowest BCUT2D eigenvalue weighted by Gasteiger charge is -2.12. The molecule has 2 rings (SSSR count). The number of aromatic carboxylic acids is 1. The number of nitrogens with zero attached hydrogens (tertiary/aromatic N) is 1. The molecule has 5 heteroatoms. The first kappa shape index (κ1) is 13.6. The van der Waals surface area contributed by atoms with Crippen LogP contribution in [-0.4, -0.2) is 15.6 Å². The fourth-order valence-corrected chi connectivity index (χ4v) is 2.93. The quantitative estimate of drug-likeness (QED) is 0.742. The van der Waals surface area contributed by atoms with Crippen LogP contribution < -0.4 is 0 Å². The maximum absolute atomic E-state index is 11.1. The summed E-state index contributed by atoms with van der Waals surface area (Å²) in [4.78, 5) is 11.1. The summed E-state index contributed by atoms with van der Waals surface area (Å²) in [7, 11) is 0. The number of hydrogen-bond donors (Lipinski definition) is 1. The van der Waals surface area contributed by atoms with Gasteiger partial charge < -0.3 is 9.67 Å². The molecule has 0 fully saturated rings. The average Bonchev–Trinajstić information content (AvgIpc) is 2.58. The van der Waals surface area contributed by atoms with Crippen LogP contribution in [0.3, 0.4) is 0 Å². The van der Waals surface area contributed by atoms with Gasteiger partial charge in [-0.3, -0.25) is 0 Å². The van der Waals surface area contributed by atoms with Gasteiger partial charge in [-0.05, 0) is 60.7 Å². The lowest BCUT2D eigenvalue weighted by molar-refractivity contribution is 0.0696. The molecule has 94 valence electrons. The number of aromatic nitrogens is 1. The van der Waals surface area contributed by atoms with Crippen LogP contribution in [-0.2, 0) is 0 Å². The van der Waals surface area contributed by atoms with Gasteiger partial charge in [0.2, 0.25) is 0 Å². The first-order valence-corrected chi connectivity index (χ1v) is 7.16. The van der Waals surface area contributed by atoms with E-state index in [4.69, 9.17) is 5.11 Å². The molecule has 0 aliphatic heterocycles. The van der Waals surface area contributed by atoms with Crippen molar-refractivity contribution in [3.8, 4) is 5.69 Å². The van der Waals surface area contributed by atoms with Crippen molar-refractivity contribution in [2.24, 2.45) is 0 Å². The van der Waals surface area contributed by atoms with Crippen LogP contribution in [0.4, 0.5) is 0 Å². The molecule has 0 aliphatic rings. The van der Waals surface area contributed by atoms with Gasteiger partial charge in [0.25, 0.3) is 0 Å². The number of rotatable bonds is 2. The van der Waals surface area contributed by atoms with Crippen molar-refractivity contribution in [3.63, 3.8) is 0 Å². The second-order valence-electron chi connectivity index (χ2n) is 4.02. The van der Waals surface area contributed by atoms with Crippen molar-refractivity contribution in [1.82, 2.24) is 4.57 Å². The Bertz CT molecular complexity index is 634. The molecule has 0 atom stereocenters. The Morgan fingerprint density at radius 3 is 2.56 bits per heavy atom. The van der Waals surface area contributed by atoms with Crippen LogP contribution in [0.1, 0.15) is 21.7 Å². The highest BCUT2D eigenvalue weighted by atomic mass is 127. The van der Waals surface area contributed by atoms with E-state index < -0.39 is 5.97 Å². The molecular formula is C13H11BrINO2. The number of halogens is 2. The molecule has 18 heavy (non-hydrogen) atoms. The Morgan fingerprint density at radius 1 is 1.33 bits per heavy atom. The molecule has 0 saturated carbocycles. The van der Waals surface area contributed by atoms with Crippen molar-refractivity contribution in [2.75, 3.05) is 0 Å². The van der Waals surface area contributed by atoms with Crippen LogP contribution in [0.2, 0.25) is 0 Å². The monoisotopic (exact) mass is 419 g/mol. The molecule has 0 radical (unpaired) electrons. The standard InChI is InChI=1S/C13H11BrINO2/c1-7-5-10(13(17)18)8(2)16(7)12-6-9(14)3-4-11(12)15/h3-6H,1-2H3,(H,17,18). The van der Waals surface area contributed by atoms with E-state index in [0.717, 1.165) is 25.1 Å². The normalized spacial score (nSPS) is 10.7. The molecule has 0 saturated heterocycles. The summed E-state index contributed by atoms with van der Waals surface area (Å²) in [5.74, 6) is -0.889. The minimum atomic E-state index is -0.889. The van der Waals surface area contributed by atoms with Crippen LogP contribution in [0.25, 0.3) is 5.69 Å². The van der Waals surface area contributed by atoms with Gasteiger partial charge >= 0.3 is 5.97 Å². The van der Waals surface area contributed by atoms with E-state index in [2.05, 4.69) is 38.5 Å². The maximum atomic E-state index is 11.1. The highest BCUT2D eigenvalue weighted by Gasteiger charge is 2.17. The highest BCUT2D eigenvalue weighted by molar-refractivity contribution is 14.1. The Hall–Kier alpha value is -0.820. The second-order valence-corrected chi connectivity index (χ2v) is 6.10. The fourth-order valence-electron chi connectivity index (χ4n) is 2.01. The summed E-state index contributed by atoms with van der Waals surface area (Å²) in [6.45, 7) is 3.74. The van der Waals surface area contributed by atoms with Gasteiger partial charge in [-0.25, -0.2) is 4.79 Å². The van der Waals surface area contributed by atoms with Crippen molar-refractivity contribution in [2.45, 2.75) is 13.8 Å². The molecule has 0 unspecified atom stereocenters. The van der Waals surface area contributed by atoms with Crippen LogP contribution >= 0.6 is 38.5 Å². The fraction of sp³-hybridized carbons (Fsp3) is 0.154. The third-order valence-corrected chi connectivity index (χ3v) is 4.22. The zero-order valence-corrected chi connectivity index (χ0v) is 13.6. The smallest absolute Gasteiger partial charge is 0.337 e. The summed E-state index contributed by atoms with van der Waals surface area (Å²) in [5.41, 5.74) is 3.01. The maximum Gasteiger partial charge on any atom is 0.337 e. The van der Waals surface area contributed by atoms with E-state index in [0.29, 0.717) is 5.56 Å². The third-order valence-electron chi connectivity index (χ3n) is 2.81. The summed E-state index contributed by atoms with van der Waals surface area (Å²) in [5, 5.41) is 9.15. The number of benzene rings is 1. The van der Waals surface area contributed by atoms with Crippen molar-refractivity contribution >= 4 is 44.5 Å². The number of carbonyl (C=O) groups is 1. The molecule has 1 aromatic heterocycles. The third kappa shape index (κ3) is 2.33. The van der Waals surface area contributed by atoms with Crippen LogP contribution in [0.15, 0.2) is 28.7 Å². The van der Waals surface area contributed by atoms with Crippen molar-refractivity contribution in [3.05, 3.63) is 49.3 Å². The van der Waals surface area contributed by atoms with Crippen LogP contribution in [0.5, 0.6) is 0 Å². The van der Waals surface area contributed by atoms with Gasteiger partial charge in [0.15, 0.2) is 0 Å². The molecule has 0 bridgehead atoms. The second kappa shape index (κ2) is 5.05. The van der Waals surface area contributed by atoms with E-state index in [9.17, 15) is 4.79 Å². The van der Waals surface area contributed by atoms with Crippen molar-refractivity contribution < 1.29 is 9.90 Å². The molecule has 3 nitrogen and oxygen atoms in total. The largest absolute Gasteiger partial charge is 0.478 e. The molecule has 2 aromatic rings. The number of carboxylic acid groups (broad SMARTS) is 1. The predicted molar refractivity (Wildman–Crippen MR) is 82.6 cm³/mol. The summed E-state index contributed by atoms with van der Waals surface area (Å²) < 4.78 is 4.02. The molecule has 1 N–H and O–H groups in total. The Morgan fingerprint density at radius 2 is 2.00 bits per heavy atom. The first-order valence-electron chi connectivity index (χ1n) is 5.29.